The van der Waals surface area contributed by atoms with Crippen molar-refractivity contribution in [2.45, 2.75) is 199 Å². The number of halogens is 1. The average Bonchev–Trinajstić information content (AvgIpc) is 3.89. The highest BCUT2D eigenvalue weighted by Crippen LogP contribution is 2.54. The van der Waals surface area contributed by atoms with Crippen LogP contribution in [0.4, 0.5) is 0 Å². The topological polar surface area (TPSA) is 120 Å². The number of fused-ring (bicyclic) bond motifs is 6. The fourth-order valence-corrected chi connectivity index (χ4v) is 13.0. The molecule has 1 unspecified atom stereocenters. The van der Waals surface area contributed by atoms with Gasteiger partial charge in [-0.3, -0.25) is 4.79 Å². The molecule has 13 heteroatoms. The van der Waals surface area contributed by atoms with Crippen LogP contribution in [0.2, 0.25) is 5.02 Å². The Bertz CT molecular complexity index is 1730. The molecule has 1 aromatic rings. The quantitative estimate of drug-likeness (QED) is 0.236. The van der Waals surface area contributed by atoms with Crippen LogP contribution >= 0.6 is 23.4 Å². The Labute approximate surface area is 357 Å². The molecular weight excluding hydrogens is 796 g/mol. The van der Waals surface area contributed by atoms with Gasteiger partial charge in [-0.15, -0.1) is 11.8 Å². The molecule has 19 atom stereocenters. The highest BCUT2D eigenvalue weighted by Gasteiger charge is 2.68. The minimum atomic E-state index is -0.789. The lowest BCUT2D eigenvalue weighted by Gasteiger charge is -2.47. The summed E-state index contributed by atoms with van der Waals surface area (Å²) in [6.07, 6.45) is 4.79. The first-order valence-electron chi connectivity index (χ1n) is 22.3. The molecule has 1 spiro atoms. The smallest absolute Gasteiger partial charge is 0.172 e. The van der Waals surface area contributed by atoms with Gasteiger partial charge in [0, 0.05) is 67.2 Å². The van der Waals surface area contributed by atoms with Gasteiger partial charge in [0.05, 0.1) is 67.1 Å². The third kappa shape index (κ3) is 8.30. The van der Waals surface area contributed by atoms with Crippen molar-refractivity contribution in [1.29, 1.82) is 0 Å². The van der Waals surface area contributed by atoms with Crippen LogP contribution in [0.25, 0.3) is 0 Å². The van der Waals surface area contributed by atoms with Crippen LogP contribution in [0.5, 0.6) is 0 Å². The number of rotatable bonds is 6. The Morgan fingerprint density at radius 2 is 1.56 bits per heavy atom. The molecule has 11 nitrogen and oxygen atoms in total. The van der Waals surface area contributed by atoms with Crippen molar-refractivity contribution in [2.24, 2.45) is 11.8 Å². The maximum Gasteiger partial charge on any atom is 0.172 e. The summed E-state index contributed by atoms with van der Waals surface area (Å²) < 4.78 is 60.7. The summed E-state index contributed by atoms with van der Waals surface area (Å²) in [5.41, 5.74) is 2.20. The van der Waals surface area contributed by atoms with Crippen molar-refractivity contribution in [3.05, 3.63) is 53.6 Å². The number of hydrogen-bond acceptors (Lipinski definition) is 12. The Hall–Kier alpha value is -1.39. The highest BCUT2D eigenvalue weighted by molar-refractivity contribution is 7.99. The molecule has 10 aliphatic heterocycles. The molecule has 10 heterocycles. The molecule has 0 aromatic heterocycles. The van der Waals surface area contributed by atoms with Gasteiger partial charge in [0.15, 0.2) is 5.79 Å². The maximum absolute atomic E-state index is 14.3. The fraction of sp³-hybridized carbons (Fsp3) is 0.761. The lowest BCUT2D eigenvalue weighted by molar-refractivity contribution is -0.292. The van der Waals surface area contributed by atoms with Crippen molar-refractivity contribution in [2.75, 3.05) is 12.9 Å². The molecule has 10 fully saturated rings. The van der Waals surface area contributed by atoms with Gasteiger partial charge >= 0.3 is 0 Å². The zero-order valence-electron chi connectivity index (χ0n) is 34.3. The number of methoxy groups -OCH3 is 1. The molecule has 1 N–H and O–H groups in total. The second-order valence-electron chi connectivity index (χ2n) is 19.0. The van der Waals surface area contributed by atoms with Gasteiger partial charge in [-0.2, -0.15) is 0 Å². The molecule has 10 aliphatic rings. The summed E-state index contributed by atoms with van der Waals surface area (Å²) in [7, 11) is 1.69. The first kappa shape index (κ1) is 41.6. The Kier molecular flexibility index (Phi) is 12.0. The molecule has 0 radical (unpaired) electrons. The molecular formula is C46H61ClO11S. The molecule has 0 saturated carbocycles. The van der Waals surface area contributed by atoms with Crippen LogP contribution in [-0.4, -0.2) is 127 Å². The van der Waals surface area contributed by atoms with Gasteiger partial charge in [-0.1, -0.05) is 31.7 Å². The van der Waals surface area contributed by atoms with E-state index in [9.17, 15) is 9.90 Å². The first-order chi connectivity index (χ1) is 28.5. The number of ketones is 1. The Balaban J connectivity index is 0.899. The molecule has 59 heavy (non-hydrogen) atoms. The summed E-state index contributed by atoms with van der Waals surface area (Å²) in [6, 6.07) is 7.63. The Morgan fingerprint density at radius 3 is 2.39 bits per heavy atom. The third-order valence-electron chi connectivity index (χ3n) is 15.0. The molecule has 324 valence electrons. The van der Waals surface area contributed by atoms with Crippen molar-refractivity contribution >= 4 is 29.1 Å². The van der Waals surface area contributed by atoms with Gasteiger partial charge in [-0.25, -0.2) is 0 Å². The monoisotopic (exact) mass is 856 g/mol. The maximum atomic E-state index is 14.3. The minimum Gasteiger partial charge on any atom is -0.392 e. The number of hydrogen-bond donors (Lipinski definition) is 1. The lowest BCUT2D eigenvalue weighted by Crippen LogP contribution is -2.61. The standard InChI is InChI=1S/C46H61ClO11S/c1-23-15-29-7-11-34-24(2)16-31(51-34)13-14-46-21-39-42(57-46)43-44(56-39)45(58-46)41-35(55-43)12-8-30(53-41)17-27(48)18-33-37(20-36(52-29)25(23)3)54-38(40(33)50-4)19-28(49)22-59-32-9-5-26(47)6-10-32/h5-6,9-10,23,28-31,33-45,49H,2-3,7-8,11-22H2,1,4H3/t23-,28+,29+,30-,31+,33+,34+,35+,36-,37+,38-,39-,40-,41+,42+,43?,44-,45+,46+/m1/s1. The molecule has 0 aliphatic carbocycles. The van der Waals surface area contributed by atoms with Gasteiger partial charge < -0.3 is 47.7 Å². The van der Waals surface area contributed by atoms with E-state index < -0.39 is 18.0 Å². The average molecular weight is 858 g/mol. The van der Waals surface area contributed by atoms with Crippen molar-refractivity contribution in [1.82, 2.24) is 0 Å². The van der Waals surface area contributed by atoms with Crippen LogP contribution < -0.4 is 0 Å². The number of thioether (sulfide) groups is 1. The van der Waals surface area contributed by atoms with Crippen molar-refractivity contribution < 1.29 is 52.5 Å². The van der Waals surface area contributed by atoms with Crippen molar-refractivity contribution in [3.63, 3.8) is 0 Å². The van der Waals surface area contributed by atoms with E-state index in [0.29, 0.717) is 36.5 Å². The predicted molar refractivity (Wildman–Crippen MR) is 219 cm³/mol. The van der Waals surface area contributed by atoms with E-state index in [4.69, 9.17) is 54.2 Å². The number of benzene rings is 1. The predicted octanol–water partition coefficient (Wildman–Crippen LogP) is 6.93. The van der Waals surface area contributed by atoms with Crippen LogP contribution in [0.15, 0.2) is 53.5 Å². The number of aliphatic hydroxyl groups excluding tert-OH is 1. The highest BCUT2D eigenvalue weighted by atomic mass is 35.5. The third-order valence-corrected chi connectivity index (χ3v) is 16.4. The van der Waals surface area contributed by atoms with Crippen LogP contribution in [-0.2, 0) is 47.4 Å². The number of ether oxygens (including phenoxy) is 9. The van der Waals surface area contributed by atoms with Crippen LogP contribution in [0.1, 0.15) is 90.4 Å². The fourth-order valence-electron chi connectivity index (χ4n) is 12.0. The van der Waals surface area contributed by atoms with Gasteiger partial charge in [-0.05, 0) is 86.3 Å². The number of aliphatic hydroxyl groups is 1. The number of carbonyl (C=O) groups is 1. The molecule has 10 saturated heterocycles. The van der Waals surface area contributed by atoms with E-state index in [0.717, 1.165) is 61.0 Å². The summed E-state index contributed by atoms with van der Waals surface area (Å²) in [4.78, 5) is 15.3. The second kappa shape index (κ2) is 17.0. The van der Waals surface area contributed by atoms with Gasteiger partial charge in [0.2, 0.25) is 0 Å². The van der Waals surface area contributed by atoms with Gasteiger partial charge in [0.1, 0.15) is 36.3 Å². The summed E-state index contributed by atoms with van der Waals surface area (Å²) >= 11 is 7.68. The lowest BCUT2D eigenvalue weighted by atomic mass is 9.81. The SMILES string of the molecule is C=C1C[C@@H]2CC[C@@]34C[C@H]5O[C@@H]6C(O[C@H]7CC[C@H](CC(=O)C[C@@H]8[C@@H](OC)[C@@H](C[C@H](O)CSc9ccc(Cl)cc9)O[C@H]8C[C@H]8O[C@@H](CC[C@@H]1O2)C[C@@H](C)C8=C)O[C@@H]7[C@@H]6O3)[C@H]5O4. The van der Waals surface area contributed by atoms with E-state index in [1.807, 2.05) is 24.3 Å². The van der Waals surface area contributed by atoms with Crippen LogP contribution in [0, 0.1) is 11.8 Å². The van der Waals surface area contributed by atoms with E-state index >= 15 is 0 Å². The van der Waals surface area contributed by atoms with E-state index in [2.05, 4.69) is 20.1 Å². The Morgan fingerprint density at radius 1 is 0.814 bits per heavy atom. The normalized spacial score (nSPS) is 47.5. The second-order valence-corrected chi connectivity index (χ2v) is 20.5. The summed E-state index contributed by atoms with van der Waals surface area (Å²) in [6.45, 7) is 11.2. The van der Waals surface area contributed by atoms with E-state index in [1.54, 1.807) is 18.9 Å². The van der Waals surface area contributed by atoms with Crippen molar-refractivity contribution in [3.8, 4) is 0 Å². The van der Waals surface area contributed by atoms with Crippen LogP contribution in [0.3, 0.4) is 0 Å². The zero-order chi connectivity index (χ0) is 40.6. The number of Topliss-reactive ketones (excluding diaryl/α,β-unsaturated/α-hetero) is 1. The summed E-state index contributed by atoms with van der Waals surface area (Å²) in [5, 5.41) is 12.0. The molecule has 0 amide bonds. The van der Waals surface area contributed by atoms with Gasteiger partial charge in [0.25, 0.3) is 0 Å². The first-order valence-corrected chi connectivity index (χ1v) is 23.6. The summed E-state index contributed by atoms with van der Waals surface area (Å²) in [5.74, 6) is -0.160. The number of carbonyl (C=O) groups excluding carboxylic acids is 1. The molecule has 1 aromatic carbocycles. The zero-order valence-corrected chi connectivity index (χ0v) is 35.9. The largest absolute Gasteiger partial charge is 0.392 e. The molecule has 11 rings (SSSR count). The molecule has 12 bridgehead atoms. The van der Waals surface area contributed by atoms with E-state index in [-0.39, 0.29) is 116 Å². The van der Waals surface area contributed by atoms with E-state index in [1.165, 1.54) is 0 Å². The minimum absolute atomic E-state index is 0.0247.